The van der Waals surface area contributed by atoms with Crippen molar-refractivity contribution in [3.8, 4) is 11.5 Å². The predicted molar refractivity (Wildman–Crippen MR) is 168 cm³/mol. The normalized spacial score (nSPS) is 11.6. The third kappa shape index (κ3) is 8.66. The minimum absolute atomic E-state index is 0.00152. The van der Waals surface area contributed by atoms with Crippen molar-refractivity contribution in [2.45, 2.75) is 9.79 Å². The summed E-state index contributed by atoms with van der Waals surface area (Å²) < 4.78 is 79.2. The molecule has 4 N–H and O–H groups in total. The summed E-state index contributed by atoms with van der Waals surface area (Å²) in [7, 11) is -9.49. The Morgan fingerprint density at radius 3 is 1.29 bits per heavy atom. The van der Waals surface area contributed by atoms with Crippen molar-refractivity contribution in [1.29, 1.82) is 0 Å². The molecule has 0 radical (unpaired) electrons. The van der Waals surface area contributed by atoms with E-state index in [1.807, 2.05) is 12.1 Å². The van der Waals surface area contributed by atoms with Gasteiger partial charge < -0.3 is 20.1 Å². The molecule has 0 aliphatic rings. The van der Waals surface area contributed by atoms with Gasteiger partial charge in [-0.3, -0.25) is 9.11 Å². The van der Waals surface area contributed by atoms with Crippen LogP contribution in [-0.2, 0) is 20.2 Å². The summed E-state index contributed by atoms with van der Waals surface area (Å²) in [4.78, 5) is -1.05. The summed E-state index contributed by atoms with van der Waals surface area (Å²) in [5.41, 5.74) is 1.30. The summed E-state index contributed by atoms with van der Waals surface area (Å²) in [6, 6.07) is 25.4. The van der Waals surface area contributed by atoms with Crippen molar-refractivity contribution >= 4 is 78.5 Å². The summed E-state index contributed by atoms with van der Waals surface area (Å²) in [6.07, 6.45) is 2.50. The van der Waals surface area contributed by atoms with E-state index in [0.717, 1.165) is 12.1 Å². The van der Waals surface area contributed by atoms with Gasteiger partial charge in [0.15, 0.2) is 0 Å². The van der Waals surface area contributed by atoms with Crippen molar-refractivity contribution in [2.75, 3.05) is 10.6 Å². The number of para-hydroxylation sites is 2. The van der Waals surface area contributed by atoms with Crippen LogP contribution in [0.3, 0.4) is 0 Å². The zero-order chi connectivity index (χ0) is 30.3. The van der Waals surface area contributed by atoms with Gasteiger partial charge in [0, 0.05) is 23.5 Å². The topological polar surface area (TPSA) is 151 Å². The van der Waals surface area contributed by atoms with E-state index in [-0.39, 0.29) is 33.0 Å². The average molecular weight is 643 g/mol. The quantitative estimate of drug-likeness (QED) is 0.103. The molecule has 0 aromatic heterocycles. The van der Waals surface area contributed by atoms with Gasteiger partial charge in [-0.2, -0.15) is 16.8 Å². The first-order valence-electron chi connectivity index (χ1n) is 11.9. The van der Waals surface area contributed by atoms with Crippen LogP contribution in [-0.4, -0.2) is 36.3 Å². The molecule has 0 fully saturated rings. The van der Waals surface area contributed by atoms with Crippen LogP contribution in [0.25, 0.3) is 12.2 Å². The highest BCUT2D eigenvalue weighted by Crippen LogP contribution is 2.28. The highest BCUT2D eigenvalue weighted by Gasteiger charge is 2.19. The lowest BCUT2D eigenvalue weighted by Crippen LogP contribution is -2.16. The Balaban J connectivity index is 1.57. The standard InChI is InChI=1S/C28H22N2O8S4/c31-41(32,33)25-17-23(37-27(39)29-21-7-3-1-4-8-21)15-13-19(25)11-12-20-14-16-24(18-26(20)42(34,35)36)38-28(40)30-22-9-5-2-6-10-22/h1-18H,(H,29,39)(H,30,40)(H,31,32,33)(H,34,35,36). The van der Waals surface area contributed by atoms with E-state index in [1.54, 1.807) is 48.5 Å². The zero-order valence-corrected chi connectivity index (χ0v) is 24.6. The van der Waals surface area contributed by atoms with Crippen molar-refractivity contribution in [1.82, 2.24) is 0 Å². The van der Waals surface area contributed by atoms with Crippen LogP contribution in [0.15, 0.2) is 107 Å². The molecule has 0 heterocycles. The van der Waals surface area contributed by atoms with E-state index >= 15 is 0 Å². The zero-order valence-electron chi connectivity index (χ0n) is 21.4. The number of nitrogens with one attached hydrogen (secondary N) is 2. The fraction of sp³-hybridized carbons (Fsp3) is 0. The lowest BCUT2D eigenvalue weighted by molar-refractivity contribution is 0.479. The van der Waals surface area contributed by atoms with Crippen LogP contribution in [0.2, 0.25) is 0 Å². The van der Waals surface area contributed by atoms with Gasteiger partial charge in [0.05, 0.1) is 0 Å². The summed E-state index contributed by atoms with van der Waals surface area (Å²) in [6.45, 7) is 0. The molecule has 0 atom stereocenters. The van der Waals surface area contributed by atoms with Crippen LogP contribution in [0.1, 0.15) is 11.1 Å². The van der Waals surface area contributed by atoms with E-state index in [1.165, 1.54) is 36.4 Å². The molecule has 0 aliphatic heterocycles. The average Bonchev–Trinajstić information content (AvgIpc) is 2.92. The van der Waals surface area contributed by atoms with Crippen LogP contribution in [0, 0.1) is 0 Å². The molecule has 10 nitrogen and oxygen atoms in total. The van der Waals surface area contributed by atoms with Gasteiger partial charge in [-0.25, -0.2) is 0 Å². The van der Waals surface area contributed by atoms with Gasteiger partial charge in [-0.05, 0) is 84.1 Å². The molecule has 216 valence electrons. The van der Waals surface area contributed by atoms with E-state index in [2.05, 4.69) is 10.6 Å². The number of thiocarbonyl (C=S) groups is 2. The molecule has 0 bridgehead atoms. The van der Waals surface area contributed by atoms with Crippen molar-refractivity contribution < 1.29 is 35.4 Å². The Morgan fingerprint density at radius 2 is 0.952 bits per heavy atom. The first-order valence-corrected chi connectivity index (χ1v) is 15.6. The Bertz CT molecular complexity index is 1730. The van der Waals surface area contributed by atoms with Gasteiger partial charge in [-0.15, -0.1) is 0 Å². The number of hydrogen-bond donors (Lipinski definition) is 4. The SMILES string of the molecule is O=S(=O)(O)c1cc(OC(=S)Nc2ccccc2)ccc1C=Cc1ccc(OC(=S)Nc2ccccc2)cc1S(=O)(=O)O. The Morgan fingerprint density at radius 1 is 0.595 bits per heavy atom. The second-order valence-corrected chi connectivity index (χ2v) is 12.0. The molecule has 4 rings (SSSR count). The molecule has 0 saturated carbocycles. The molecule has 0 spiro atoms. The third-order valence-electron chi connectivity index (χ3n) is 5.43. The van der Waals surface area contributed by atoms with Gasteiger partial charge in [0.1, 0.15) is 21.3 Å². The van der Waals surface area contributed by atoms with E-state index in [9.17, 15) is 25.9 Å². The van der Waals surface area contributed by atoms with Crippen LogP contribution >= 0.6 is 24.4 Å². The smallest absolute Gasteiger partial charge is 0.295 e. The van der Waals surface area contributed by atoms with Gasteiger partial charge in [0.2, 0.25) is 0 Å². The van der Waals surface area contributed by atoms with E-state index < -0.39 is 30.0 Å². The number of ether oxygens (including phenoxy) is 2. The first-order chi connectivity index (χ1) is 19.9. The molecule has 42 heavy (non-hydrogen) atoms. The molecule has 0 amide bonds. The predicted octanol–water partition coefficient (Wildman–Crippen LogP) is 5.90. The maximum absolute atomic E-state index is 12.1. The minimum Gasteiger partial charge on any atom is -0.432 e. The molecule has 4 aromatic carbocycles. The van der Waals surface area contributed by atoms with Crippen LogP contribution < -0.4 is 20.1 Å². The van der Waals surface area contributed by atoms with E-state index in [4.69, 9.17) is 33.9 Å². The first kappa shape index (κ1) is 30.8. The molecule has 0 aliphatic carbocycles. The maximum Gasteiger partial charge on any atom is 0.295 e. The van der Waals surface area contributed by atoms with E-state index in [0.29, 0.717) is 11.4 Å². The largest absolute Gasteiger partial charge is 0.432 e. The van der Waals surface area contributed by atoms with Crippen molar-refractivity contribution in [2.24, 2.45) is 0 Å². The van der Waals surface area contributed by atoms with Crippen LogP contribution in [0.5, 0.6) is 11.5 Å². The second-order valence-electron chi connectivity index (χ2n) is 8.44. The number of anilines is 2. The minimum atomic E-state index is -4.74. The fourth-order valence-corrected chi connectivity index (χ4v) is 5.43. The number of benzene rings is 4. The molecule has 0 saturated heterocycles. The van der Waals surface area contributed by atoms with Crippen LogP contribution in [0.4, 0.5) is 11.4 Å². The Kier molecular flexibility index (Phi) is 9.67. The Hall–Kier alpha value is -4.18. The monoisotopic (exact) mass is 642 g/mol. The summed E-state index contributed by atoms with van der Waals surface area (Å²) in [5, 5.41) is 5.55. The molecular formula is C28H22N2O8S4. The number of hydrogen-bond acceptors (Lipinski definition) is 8. The second kappa shape index (κ2) is 13.2. The highest BCUT2D eigenvalue weighted by molar-refractivity contribution is 7.86. The lowest BCUT2D eigenvalue weighted by Gasteiger charge is -2.12. The third-order valence-corrected chi connectivity index (χ3v) is 7.62. The lowest BCUT2D eigenvalue weighted by atomic mass is 10.1. The Labute approximate surface area is 253 Å². The van der Waals surface area contributed by atoms with Gasteiger partial charge in [0.25, 0.3) is 30.6 Å². The summed E-state index contributed by atoms with van der Waals surface area (Å²) in [5.74, 6) is 0.0434. The van der Waals surface area contributed by atoms with Crippen molar-refractivity contribution in [3.63, 3.8) is 0 Å². The molecule has 4 aromatic rings. The molecule has 14 heteroatoms. The summed E-state index contributed by atoms with van der Waals surface area (Å²) >= 11 is 10.3. The van der Waals surface area contributed by atoms with Gasteiger partial charge in [-0.1, -0.05) is 48.6 Å². The fourth-order valence-electron chi connectivity index (χ4n) is 3.60. The highest BCUT2D eigenvalue weighted by atomic mass is 32.2. The maximum atomic E-state index is 12.1. The molecular weight excluding hydrogens is 621 g/mol. The van der Waals surface area contributed by atoms with Gasteiger partial charge >= 0.3 is 0 Å². The van der Waals surface area contributed by atoms with Crippen molar-refractivity contribution in [3.05, 3.63) is 108 Å². The number of rotatable bonds is 8. The molecule has 0 unspecified atom stereocenters.